The van der Waals surface area contributed by atoms with Crippen LogP contribution in [0.3, 0.4) is 0 Å². The molecular formula is C27H54O6. The fourth-order valence-corrected chi connectivity index (χ4v) is 3.33. The minimum Gasteiger partial charge on any atom is -0.466 e. The molecular weight excluding hydrogens is 420 g/mol. The van der Waals surface area contributed by atoms with Gasteiger partial charge in [0.05, 0.1) is 46.2 Å². The van der Waals surface area contributed by atoms with Crippen molar-refractivity contribution >= 4 is 5.97 Å². The summed E-state index contributed by atoms with van der Waals surface area (Å²) in [6.07, 6.45) is 14.7. The number of carbonyl (C=O) groups excluding carboxylic acids is 1. The molecule has 6 heteroatoms. The molecule has 0 aliphatic rings. The van der Waals surface area contributed by atoms with Gasteiger partial charge in [-0.2, -0.15) is 0 Å². The first-order valence-corrected chi connectivity index (χ1v) is 13.6. The third-order valence-electron chi connectivity index (χ3n) is 5.37. The molecule has 0 aromatic heterocycles. The normalized spacial score (nSPS) is 11.4. The van der Waals surface area contributed by atoms with E-state index in [0.717, 1.165) is 31.8 Å². The van der Waals surface area contributed by atoms with Gasteiger partial charge in [-0.15, -0.1) is 0 Å². The fourth-order valence-electron chi connectivity index (χ4n) is 3.33. The van der Waals surface area contributed by atoms with Crippen molar-refractivity contribution in [2.24, 2.45) is 5.92 Å². The molecule has 0 rings (SSSR count). The number of esters is 1. The van der Waals surface area contributed by atoms with Gasteiger partial charge in [0.25, 0.3) is 0 Å². The molecule has 0 N–H and O–H groups in total. The van der Waals surface area contributed by atoms with Crippen molar-refractivity contribution in [2.45, 2.75) is 104 Å². The molecule has 0 aliphatic carbocycles. The van der Waals surface area contributed by atoms with Crippen molar-refractivity contribution in [3.63, 3.8) is 0 Å². The Kier molecular flexibility index (Phi) is 27.0. The van der Waals surface area contributed by atoms with Gasteiger partial charge in [0.15, 0.2) is 0 Å². The molecule has 0 saturated carbocycles. The Bertz CT molecular complexity index is 389. The van der Waals surface area contributed by atoms with Gasteiger partial charge in [-0.05, 0) is 25.2 Å². The van der Waals surface area contributed by atoms with E-state index in [1.54, 1.807) is 0 Å². The van der Waals surface area contributed by atoms with Crippen LogP contribution in [0.5, 0.6) is 0 Å². The Morgan fingerprint density at radius 1 is 0.545 bits per heavy atom. The van der Waals surface area contributed by atoms with Gasteiger partial charge >= 0.3 is 5.97 Å². The summed E-state index contributed by atoms with van der Waals surface area (Å²) in [5, 5.41) is 0. The minimum atomic E-state index is -0.118. The molecule has 0 unspecified atom stereocenters. The van der Waals surface area contributed by atoms with Gasteiger partial charge in [-0.3, -0.25) is 4.79 Å². The van der Waals surface area contributed by atoms with Gasteiger partial charge in [0.1, 0.15) is 0 Å². The summed E-state index contributed by atoms with van der Waals surface area (Å²) in [6.45, 7) is 12.2. The maximum atomic E-state index is 11.7. The molecule has 0 saturated heterocycles. The lowest BCUT2D eigenvalue weighted by Crippen LogP contribution is -2.12. The molecule has 0 aromatic rings. The van der Waals surface area contributed by atoms with E-state index in [9.17, 15) is 4.79 Å². The summed E-state index contributed by atoms with van der Waals surface area (Å²) in [6, 6.07) is 0. The van der Waals surface area contributed by atoms with E-state index in [0.29, 0.717) is 65.7 Å². The Morgan fingerprint density at radius 2 is 1.00 bits per heavy atom. The van der Waals surface area contributed by atoms with E-state index in [4.69, 9.17) is 23.7 Å². The zero-order valence-electron chi connectivity index (χ0n) is 22.1. The van der Waals surface area contributed by atoms with Crippen LogP contribution in [0.25, 0.3) is 0 Å². The lowest BCUT2D eigenvalue weighted by Gasteiger charge is -2.08. The van der Waals surface area contributed by atoms with Gasteiger partial charge in [0.2, 0.25) is 0 Å². The Labute approximate surface area is 204 Å². The van der Waals surface area contributed by atoms with E-state index >= 15 is 0 Å². The highest BCUT2D eigenvalue weighted by Crippen LogP contribution is 2.10. The summed E-state index contributed by atoms with van der Waals surface area (Å²) < 4.78 is 27.3. The average molecular weight is 475 g/mol. The van der Waals surface area contributed by atoms with Gasteiger partial charge in [-0.25, -0.2) is 0 Å². The van der Waals surface area contributed by atoms with Crippen molar-refractivity contribution < 1.29 is 28.5 Å². The molecule has 0 fully saturated rings. The van der Waals surface area contributed by atoms with Crippen molar-refractivity contribution in [3.05, 3.63) is 0 Å². The quantitative estimate of drug-likeness (QED) is 0.102. The zero-order valence-corrected chi connectivity index (χ0v) is 22.1. The van der Waals surface area contributed by atoms with Gasteiger partial charge in [0, 0.05) is 19.6 Å². The Balaban J connectivity index is 3.13. The summed E-state index contributed by atoms with van der Waals surface area (Å²) >= 11 is 0. The van der Waals surface area contributed by atoms with Gasteiger partial charge < -0.3 is 23.7 Å². The molecule has 6 nitrogen and oxygen atoms in total. The lowest BCUT2D eigenvalue weighted by atomic mass is 10.0. The largest absolute Gasteiger partial charge is 0.466 e. The minimum absolute atomic E-state index is 0.118. The van der Waals surface area contributed by atoms with Crippen LogP contribution >= 0.6 is 0 Å². The van der Waals surface area contributed by atoms with Crippen LogP contribution in [-0.2, 0) is 28.5 Å². The predicted octanol–water partition coefficient (Wildman–Crippen LogP) is 6.34. The summed E-state index contributed by atoms with van der Waals surface area (Å²) in [5.41, 5.74) is 0. The van der Waals surface area contributed by atoms with Crippen LogP contribution in [0.2, 0.25) is 0 Å². The highest BCUT2D eigenvalue weighted by atomic mass is 16.6. The second-order valence-electron chi connectivity index (χ2n) is 9.14. The molecule has 0 amide bonds. The molecule has 0 bridgehead atoms. The third-order valence-corrected chi connectivity index (χ3v) is 5.37. The first-order valence-electron chi connectivity index (χ1n) is 13.6. The molecule has 33 heavy (non-hydrogen) atoms. The second kappa shape index (κ2) is 27.6. The van der Waals surface area contributed by atoms with E-state index in [-0.39, 0.29) is 5.97 Å². The average Bonchev–Trinajstić information content (AvgIpc) is 2.79. The summed E-state index contributed by atoms with van der Waals surface area (Å²) in [4.78, 5) is 11.7. The van der Waals surface area contributed by atoms with Crippen LogP contribution in [-0.4, -0.2) is 65.4 Å². The van der Waals surface area contributed by atoms with E-state index < -0.39 is 0 Å². The van der Waals surface area contributed by atoms with Gasteiger partial charge in [-0.1, -0.05) is 78.6 Å². The molecule has 0 aliphatic heterocycles. The summed E-state index contributed by atoms with van der Waals surface area (Å²) in [5.74, 6) is 0.680. The fraction of sp³-hybridized carbons (Fsp3) is 0.963. The van der Waals surface area contributed by atoms with Crippen molar-refractivity contribution in [2.75, 3.05) is 59.5 Å². The molecule has 0 radical (unpaired) electrons. The molecule has 198 valence electrons. The number of rotatable bonds is 27. The maximum Gasteiger partial charge on any atom is 0.305 e. The van der Waals surface area contributed by atoms with Crippen molar-refractivity contribution in [1.82, 2.24) is 0 Å². The van der Waals surface area contributed by atoms with Crippen LogP contribution in [0.15, 0.2) is 0 Å². The Morgan fingerprint density at radius 3 is 1.58 bits per heavy atom. The first-order chi connectivity index (χ1) is 16.2. The van der Waals surface area contributed by atoms with Crippen molar-refractivity contribution in [3.8, 4) is 0 Å². The molecule has 0 atom stereocenters. The smallest absolute Gasteiger partial charge is 0.305 e. The highest BCUT2D eigenvalue weighted by Gasteiger charge is 2.03. The molecule has 0 heterocycles. The summed E-state index contributed by atoms with van der Waals surface area (Å²) in [7, 11) is 0. The number of unbranched alkanes of at least 4 members (excludes halogenated alkanes) is 8. The maximum absolute atomic E-state index is 11.7. The SMILES string of the molecule is CCCCCCCOCCOCCOCCOCCCC(=O)OCCCCCCCC(C)C. The topological polar surface area (TPSA) is 63.2 Å². The van der Waals surface area contributed by atoms with E-state index in [2.05, 4.69) is 20.8 Å². The number of hydrogen-bond donors (Lipinski definition) is 0. The number of hydrogen-bond acceptors (Lipinski definition) is 6. The number of ether oxygens (including phenoxy) is 5. The second-order valence-corrected chi connectivity index (χ2v) is 9.14. The zero-order chi connectivity index (χ0) is 24.2. The molecule has 0 spiro atoms. The van der Waals surface area contributed by atoms with E-state index in [1.165, 1.54) is 51.4 Å². The van der Waals surface area contributed by atoms with Crippen LogP contribution in [0.1, 0.15) is 104 Å². The third kappa shape index (κ3) is 29.3. The van der Waals surface area contributed by atoms with Crippen LogP contribution < -0.4 is 0 Å². The molecule has 0 aromatic carbocycles. The standard InChI is InChI=1S/C27H54O6/c1-4-5-6-9-12-17-29-20-22-31-24-25-32-23-21-30-18-14-16-27(28)33-19-13-10-7-8-11-15-26(2)3/h26H,4-25H2,1-3H3. The Hall–Kier alpha value is -0.690. The first kappa shape index (κ1) is 32.3. The lowest BCUT2D eigenvalue weighted by molar-refractivity contribution is -0.144. The van der Waals surface area contributed by atoms with Crippen LogP contribution in [0.4, 0.5) is 0 Å². The monoisotopic (exact) mass is 474 g/mol. The van der Waals surface area contributed by atoms with Crippen LogP contribution in [0, 0.1) is 5.92 Å². The number of carbonyl (C=O) groups is 1. The highest BCUT2D eigenvalue weighted by molar-refractivity contribution is 5.69. The van der Waals surface area contributed by atoms with Crippen molar-refractivity contribution in [1.29, 1.82) is 0 Å². The van der Waals surface area contributed by atoms with E-state index in [1.807, 2.05) is 0 Å². The predicted molar refractivity (Wildman–Crippen MR) is 135 cm³/mol.